The standard InChI is InChI=1S/C19H19F2N5O/c1-12(2)10-26-11-14(17(25-26)18(20)21)19(27)22-16-9-8-15(23-24-16)13-6-4-3-5-7-13/h3-9,11-12,18H,10H2,1-2H3,(H,22,24,27). The molecule has 3 aromatic rings. The Bertz CT molecular complexity index is 908. The lowest BCUT2D eigenvalue weighted by Crippen LogP contribution is -2.14. The highest BCUT2D eigenvalue weighted by Gasteiger charge is 2.24. The first-order valence-electron chi connectivity index (χ1n) is 8.50. The molecule has 140 valence electrons. The summed E-state index contributed by atoms with van der Waals surface area (Å²) in [4.78, 5) is 12.4. The van der Waals surface area contributed by atoms with E-state index < -0.39 is 18.0 Å². The lowest BCUT2D eigenvalue weighted by atomic mass is 10.1. The van der Waals surface area contributed by atoms with Crippen molar-refractivity contribution in [2.24, 2.45) is 5.92 Å². The number of anilines is 1. The van der Waals surface area contributed by atoms with Gasteiger partial charge in [-0.15, -0.1) is 10.2 Å². The molecule has 2 aromatic heterocycles. The lowest BCUT2D eigenvalue weighted by Gasteiger charge is -2.05. The van der Waals surface area contributed by atoms with E-state index in [9.17, 15) is 13.6 Å². The van der Waals surface area contributed by atoms with E-state index in [1.165, 1.54) is 10.9 Å². The van der Waals surface area contributed by atoms with Crippen LogP contribution in [0, 0.1) is 5.92 Å². The minimum atomic E-state index is -2.84. The van der Waals surface area contributed by atoms with Gasteiger partial charge in [0, 0.05) is 18.3 Å². The van der Waals surface area contributed by atoms with Crippen LogP contribution in [0.15, 0.2) is 48.7 Å². The topological polar surface area (TPSA) is 72.7 Å². The molecule has 0 fully saturated rings. The van der Waals surface area contributed by atoms with Gasteiger partial charge in [0.2, 0.25) is 0 Å². The predicted octanol–water partition coefficient (Wildman–Crippen LogP) is 4.19. The van der Waals surface area contributed by atoms with Crippen molar-refractivity contribution in [2.75, 3.05) is 5.32 Å². The van der Waals surface area contributed by atoms with Gasteiger partial charge in [-0.3, -0.25) is 9.48 Å². The largest absolute Gasteiger partial charge is 0.305 e. The Hall–Kier alpha value is -3.16. The number of nitrogens with zero attached hydrogens (tertiary/aromatic N) is 4. The van der Waals surface area contributed by atoms with Crippen molar-refractivity contribution in [1.82, 2.24) is 20.0 Å². The summed E-state index contributed by atoms with van der Waals surface area (Å²) in [5.74, 6) is -0.304. The molecule has 27 heavy (non-hydrogen) atoms. The third kappa shape index (κ3) is 4.52. The van der Waals surface area contributed by atoms with Crippen LogP contribution >= 0.6 is 0 Å². The number of carbonyl (C=O) groups excluding carboxylic acids is 1. The minimum absolute atomic E-state index is 0.167. The number of amides is 1. The fraction of sp³-hybridized carbons (Fsp3) is 0.263. The van der Waals surface area contributed by atoms with Crippen LogP contribution in [0.2, 0.25) is 0 Å². The molecule has 0 aliphatic carbocycles. The van der Waals surface area contributed by atoms with Crippen LogP contribution in [0.4, 0.5) is 14.6 Å². The van der Waals surface area contributed by atoms with Crippen LogP contribution in [0.1, 0.15) is 36.3 Å². The van der Waals surface area contributed by atoms with Gasteiger partial charge in [-0.2, -0.15) is 5.10 Å². The summed E-state index contributed by atoms with van der Waals surface area (Å²) < 4.78 is 27.8. The number of hydrogen-bond donors (Lipinski definition) is 1. The molecule has 1 amide bonds. The maximum Gasteiger partial charge on any atom is 0.282 e. The molecule has 8 heteroatoms. The van der Waals surface area contributed by atoms with Crippen molar-refractivity contribution in [3.8, 4) is 11.3 Å². The quantitative estimate of drug-likeness (QED) is 0.705. The van der Waals surface area contributed by atoms with Gasteiger partial charge in [-0.1, -0.05) is 44.2 Å². The molecule has 0 bridgehead atoms. The molecule has 0 saturated carbocycles. The summed E-state index contributed by atoms with van der Waals surface area (Å²) in [7, 11) is 0. The van der Waals surface area contributed by atoms with E-state index in [0.717, 1.165) is 5.56 Å². The van der Waals surface area contributed by atoms with Crippen LogP contribution in [-0.2, 0) is 6.54 Å². The first-order valence-corrected chi connectivity index (χ1v) is 8.50. The molecule has 3 rings (SSSR count). The van der Waals surface area contributed by atoms with Crippen LogP contribution < -0.4 is 5.32 Å². The average Bonchev–Trinajstić information content (AvgIpc) is 3.07. The molecule has 1 aromatic carbocycles. The van der Waals surface area contributed by atoms with Gasteiger partial charge in [-0.25, -0.2) is 8.78 Å². The number of carbonyl (C=O) groups is 1. The molecule has 6 nitrogen and oxygen atoms in total. The summed E-state index contributed by atoms with van der Waals surface area (Å²) in [5, 5.41) is 14.4. The van der Waals surface area contributed by atoms with Crippen molar-refractivity contribution in [3.63, 3.8) is 0 Å². The van der Waals surface area contributed by atoms with E-state index >= 15 is 0 Å². The molecule has 2 heterocycles. The monoisotopic (exact) mass is 371 g/mol. The Kier molecular flexibility index (Phi) is 5.54. The highest BCUT2D eigenvalue weighted by Crippen LogP contribution is 2.23. The van der Waals surface area contributed by atoms with Gasteiger partial charge >= 0.3 is 0 Å². The number of nitrogens with one attached hydrogen (secondary N) is 1. The van der Waals surface area contributed by atoms with Crippen molar-refractivity contribution in [2.45, 2.75) is 26.8 Å². The highest BCUT2D eigenvalue weighted by atomic mass is 19.3. The molecular formula is C19H19F2N5O. The molecule has 1 N–H and O–H groups in total. The zero-order valence-corrected chi connectivity index (χ0v) is 14.9. The van der Waals surface area contributed by atoms with E-state index in [2.05, 4.69) is 20.6 Å². The zero-order chi connectivity index (χ0) is 19.4. The van der Waals surface area contributed by atoms with Gasteiger partial charge < -0.3 is 5.32 Å². The van der Waals surface area contributed by atoms with Crippen molar-refractivity contribution >= 4 is 11.7 Å². The Morgan fingerprint density at radius 1 is 1.11 bits per heavy atom. The fourth-order valence-electron chi connectivity index (χ4n) is 2.59. The third-order valence-corrected chi connectivity index (χ3v) is 3.77. The third-order valence-electron chi connectivity index (χ3n) is 3.77. The van der Waals surface area contributed by atoms with Gasteiger partial charge in [0.25, 0.3) is 12.3 Å². The number of halogens is 2. The number of rotatable bonds is 6. The van der Waals surface area contributed by atoms with Crippen LogP contribution in [0.25, 0.3) is 11.3 Å². The molecule has 0 radical (unpaired) electrons. The first-order chi connectivity index (χ1) is 12.9. The normalized spacial score (nSPS) is 11.2. The Morgan fingerprint density at radius 3 is 2.44 bits per heavy atom. The van der Waals surface area contributed by atoms with Gasteiger partial charge in [0.15, 0.2) is 5.82 Å². The molecule has 0 unspecified atom stereocenters. The van der Waals surface area contributed by atoms with Crippen molar-refractivity contribution in [3.05, 3.63) is 59.9 Å². The van der Waals surface area contributed by atoms with Crippen LogP contribution in [0.5, 0.6) is 0 Å². The summed E-state index contributed by atoms with van der Waals surface area (Å²) in [6, 6.07) is 12.7. The summed E-state index contributed by atoms with van der Waals surface area (Å²) in [6.45, 7) is 4.32. The molecule has 0 atom stereocenters. The molecule has 0 aliphatic rings. The SMILES string of the molecule is CC(C)Cn1cc(C(=O)Nc2ccc(-c3ccccc3)nn2)c(C(F)F)n1. The second kappa shape index (κ2) is 8.03. The zero-order valence-electron chi connectivity index (χ0n) is 14.9. The highest BCUT2D eigenvalue weighted by molar-refractivity contribution is 6.04. The van der Waals surface area contributed by atoms with E-state index in [1.54, 1.807) is 12.1 Å². The van der Waals surface area contributed by atoms with Crippen molar-refractivity contribution < 1.29 is 13.6 Å². The maximum absolute atomic E-state index is 13.2. The Morgan fingerprint density at radius 2 is 1.85 bits per heavy atom. The van der Waals surface area contributed by atoms with Crippen molar-refractivity contribution in [1.29, 1.82) is 0 Å². The predicted molar refractivity (Wildman–Crippen MR) is 97.4 cm³/mol. The van der Waals surface area contributed by atoms with E-state index in [4.69, 9.17) is 0 Å². The van der Waals surface area contributed by atoms with E-state index in [0.29, 0.717) is 12.2 Å². The smallest absolute Gasteiger partial charge is 0.282 e. The maximum atomic E-state index is 13.2. The lowest BCUT2D eigenvalue weighted by molar-refractivity contribution is 0.101. The van der Waals surface area contributed by atoms with E-state index in [-0.39, 0.29) is 17.3 Å². The van der Waals surface area contributed by atoms with Gasteiger partial charge in [0.1, 0.15) is 5.69 Å². The van der Waals surface area contributed by atoms with Crippen LogP contribution in [0.3, 0.4) is 0 Å². The Balaban J connectivity index is 1.78. The van der Waals surface area contributed by atoms with Crippen LogP contribution in [-0.4, -0.2) is 25.9 Å². The van der Waals surface area contributed by atoms with Gasteiger partial charge in [-0.05, 0) is 18.1 Å². The second-order valence-electron chi connectivity index (χ2n) is 6.47. The first kappa shape index (κ1) is 18.6. The second-order valence-corrected chi connectivity index (χ2v) is 6.47. The number of alkyl halides is 2. The van der Waals surface area contributed by atoms with Gasteiger partial charge in [0.05, 0.1) is 11.3 Å². The summed E-state index contributed by atoms with van der Waals surface area (Å²) >= 11 is 0. The average molecular weight is 371 g/mol. The summed E-state index contributed by atoms with van der Waals surface area (Å²) in [5.41, 5.74) is 0.825. The summed E-state index contributed by atoms with van der Waals surface area (Å²) in [6.07, 6.45) is -1.51. The van der Waals surface area contributed by atoms with E-state index in [1.807, 2.05) is 44.2 Å². The molecule has 0 aliphatic heterocycles. The fourth-order valence-corrected chi connectivity index (χ4v) is 2.59. The Labute approximate surface area is 155 Å². The molecule has 0 spiro atoms. The molecule has 0 saturated heterocycles. The minimum Gasteiger partial charge on any atom is -0.305 e. The molecular weight excluding hydrogens is 352 g/mol. The number of hydrogen-bond acceptors (Lipinski definition) is 4. The number of aromatic nitrogens is 4. The number of benzene rings is 1.